The second kappa shape index (κ2) is 9.21. The molecule has 2 aromatic rings. The largest absolute Gasteiger partial charge is 0.378 e. The molecule has 1 aliphatic carbocycles. The molecular formula is C24H23FN4O2. The summed E-state index contributed by atoms with van der Waals surface area (Å²) in [5.74, 6) is 5.32. The molecule has 1 amide bonds. The molecule has 158 valence electrons. The van der Waals surface area contributed by atoms with Gasteiger partial charge in [-0.25, -0.2) is 14.4 Å². The van der Waals surface area contributed by atoms with Gasteiger partial charge >= 0.3 is 0 Å². The van der Waals surface area contributed by atoms with E-state index in [1.807, 2.05) is 25.2 Å². The Kier molecular flexibility index (Phi) is 6.21. The summed E-state index contributed by atoms with van der Waals surface area (Å²) in [5, 5.41) is 0. The minimum atomic E-state index is -0.586. The average Bonchev–Trinajstić information content (AvgIpc) is 3.22. The van der Waals surface area contributed by atoms with Crippen LogP contribution in [0.2, 0.25) is 0 Å². The zero-order valence-electron chi connectivity index (χ0n) is 17.3. The van der Waals surface area contributed by atoms with E-state index < -0.39 is 5.82 Å². The second-order valence-corrected chi connectivity index (χ2v) is 7.31. The van der Waals surface area contributed by atoms with Crippen LogP contribution < -0.4 is 5.73 Å². The molecule has 4 rings (SSSR count). The van der Waals surface area contributed by atoms with E-state index in [4.69, 9.17) is 10.5 Å². The fraction of sp³-hybridized carbons (Fsp3) is 0.292. The van der Waals surface area contributed by atoms with Gasteiger partial charge in [0.2, 0.25) is 0 Å². The van der Waals surface area contributed by atoms with Gasteiger partial charge in [0.15, 0.2) is 0 Å². The standard InChI is InChI=1S/C24H23FN4O2/c1-2-22-20(7-4-16-3-6-18(26)13-16)23(28-15-27-22)17-5-8-19(21(25)14-17)24(30)29-9-11-31-12-10-29/h3,5-6,8,13-15,18H,2,9-12,26H2,1H3. The van der Waals surface area contributed by atoms with Crippen LogP contribution in [0.4, 0.5) is 4.39 Å². The summed E-state index contributed by atoms with van der Waals surface area (Å²) in [7, 11) is 0. The van der Waals surface area contributed by atoms with E-state index in [9.17, 15) is 9.18 Å². The third-order valence-corrected chi connectivity index (χ3v) is 5.23. The molecule has 1 aromatic carbocycles. The number of nitrogens with two attached hydrogens (primary N) is 1. The number of rotatable bonds is 3. The third-order valence-electron chi connectivity index (χ3n) is 5.23. The first-order valence-corrected chi connectivity index (χ1v) is 10.2. The number of carbonyl (C=O) groups is 1. The van der Waals surface area contributed by atoms with Crippen molar-refractivity contribution in [2.24, 2.45) is 5.73 Å². The van der Waals surface area contributed by atoms with E-state index in [2.05, 4.69) is 21.8 Å². The van der Waals surface area contributed by atoms with E-state index >= 15 is 0 Å². The maximum Gasteiger partial charge on any atom is 0.256 e. The number of amides is 1. The van der Waals surface area contributed by atoms with Crippen molar-refractivity contribution < 1.29 is 13.9 Å². The Balaban J connectivity index is 1.69. The molecule has 7 heteroatoms. The molecule has 31 heavy (non-hydrogen) atoms. The number of allylic oxidation sites excluding steroid dienone is 2. The summed E-state index contributed by atoms with van der Waals surface area (Å²) >= 11 is 0. The van der Waals surface area contributed by atoms with Gasteiger partial charge in [-0.15, -0.1) is 0 Å². The minimum absolute atomic E-state index is 0.0401. The van der Waals surface area contributed by atoms with Crippen LogP contribution in [0.25, 0.3) is 11.3 Å². The zero-order valence-corrected chi connectivity index (χ0v) is 17.3. The number of carbonyl (C=O) groups excluding carboxylic acids is 1. The number of benzene rings is 1. The Labute approximate surface area is 180 Å². The van der Waals surface area contributed by atoms with Gasteiger partial charge in [0.05, 0.1) is 35.7 Å². The van der Waals surface area contributed by atoms with Crippen molar-refractivity contribution in [3.05, 3.63) is 71.0 Å². The Morgan fingerprint density at radius 2 is 2.10 bits per heavy atom. The fourth-order valence-corrected chi connectivity index (χ4v) is 3.56. The number of morpholine rings is 1. The third kappa shape index (κ3) is 4.55. The Morgan fingerprint density at radius 1 is 1.29 bits per heavy atom. The lowest BCUT2D eigenvalue weighted by atomic mass is 10.0. The highest BCUT2D eigenvalue weighted by atomic mass is 19.1. The van der Waals surface area contributed by atoms with Crippen LogP contribution in [-0.4, -0.2) is 53.1 Å². The minimum Gasteiger partial charge on any atom is -0.378 e. The number of aromatic nitrogens is 2. The van der Waals surface area contributed by atoms with Crippen LogP contribution in [0, 0.1) is 17.7 Å². The topological polar surface area (TPSA) is 81.3 Å². The normalized spacial score (nSPS) is 17.8. The van der Waals surface area contributed by atoms with Crippen molar-refractivity contribution in [3.8, 4) is 23.1 Å². The maximum atomic E-state index is 14.9. The summed E-state index contributed by atoms with van der Waals surface area (Å²) in [6.45, 7) is 3.82. The maximum absolute atomic E-state index is 14.9. The molecule has 0 spiro atoms. The van der Waals surface area contributed by atoms with E-state index in [1.54, 1.807) is 11.0 Å². The van der Waals surface area contributed by atoms with Gasteiger partial charge in [-0.05, 0) is 30.7 Å². The monoisotopic (exact) mass is 418 g/mol. The summed E-state index contributed by atoms with van der Waals surface area (Å²) < 4.78 is 20.2. The Hall–Kier alpha value is -3.34. The highest BCUT2D eigenvalue weighted by Crippen LogP contribution is 2.26. The van der Waals surface area contributed by atoms with E-state index in [1.165, 1.54) is 18.5 Å². The molecule has 0 radical (unpaired) electrons. The number of nitrogens with zero attached hydrogens (tertiary/aromatic N) is 3. The van der Waals surface area contributed by atoms with Gasteiger partial charge < -0.3 is 15.4 Å². The molecule has 2 aliphatic rings. The summed E-state index contributed by atoms with van der Waals surface area (Å²) in [5.41, 5.74) is 9.21. The molecule has 0 bridgehead atoms. The first kappa shape index (κ1) is 20.9. The van der Waals surface area contributed by atoms with Gasteiger partial charge in [0.1, 0.15) is 12.1 Å². The average molecular weight is 418 g/mol. The molecular weight excluding hydrogens is 395 g/mol. The molecule has 2 heterocycles. The first-order valence-electron chi connectivity index (χ1n) is 10.2. The number of hydrogen-bond donors (Lipinski definition) is 1. The first-order chi connectivity index (χ1) is 15.1. The number of ether oxygens (including phenoxy) is 1. The molecule has 0 saturated carbocycles. The van der Waals surface area contributed by atoms with Crippen molar-refractivity contribution in [2.75, 3.05) is 26.3 Å². The predicted octanol–water partition coefficient (Wildman–Crippen LogP) is 2.49. The van der Waals surface area contributed by atoms with Crippen LogP contribution in [0.15, 0.2) is 48.3 Å². The molecule has 1 fully saturated rings. The zero-order chi connectivity index (χ0) is 21.8. The molecule has 1 atom stereocenters. The van der Waals surface area contributed by atoms with Crippen LogP contribution in [0.5, 0.6) is 0 Å². The van der Waals surface area contributed by atoms with Gasteiger partial charge in [0, 0.05) is 30.3 Å². The van der Waals surface area contributed by atoms with Crippen LogP contribution >= 0.6 is 0 Å². The Bertz CT molecular complexity index is 1120. The predicted molar refractivity (Wildman–Crippen MR) is 116 cm³/mol. The van der Waals surface area contributed by atoms with Gasteiger partial charge in [0.25, 0.3) is 5.91 Å². The molecule has 1 aliphatic heterocycles. The van der Waals surface area contributed by atoms with Crippen molar-refractivity contribution in [3.63, 3.8) is 0 Å². The van der Waals surface area contributed by atoms with Gasteiger partial charge in [-0.2, -0.15) is 0 Å². The number of halogens is 1. The second-order valence-electron chi connectivity index (χ2n) is 7.31. The molecule has 1 aromatic heterocycles. The molecule has 2 N–H and O–H groups in total. The number of hydrogen-bond acceptors (Lipinski definition) is 5. The van der Waals surface area contributed by atoms with E-state index in [0.717, 1.165) is 11.3 Å². The molecule has 6 nitrogen and oxygen atoms in total. The van der Waals surface area contributed by atoms with E-state index in [0.29, 0.717) is 49.5 Å². The SMILES string of the molecule is CCc1ncnc(-c2ccc(C(=O)N3CCOCC3)c(F)c2)c1C#CC1=CC(N)C=C1. The lowest BCUT2D eigenvalue weighted by molar-refractivity contribution is 0.0300. The smallest absolute Gasteiger partial charge is 0.256 e. The van der Waals surface area contributed by atoms with Crippen LogP contribution in [0.1, 0.15) is 28.5 Å². The van der Waals surface area contributed by atoms with Gasteiger partial charge in [-0.1, -0.05) is 30.9 Å². The highest BCUT2D eigenvalue weighted by Gasteiger charge is 2.22. The van der Waals surface area contributed by atoms with Crippen molar-refractivity contribution in [1.29, 1.82) is 0 Å². The number of aryl methyl sites for hydroxylation is 1. The lowest BCUT2D eigenvalue weighted by Gasteiger charge is -2.27. The van der Waals surface area contributed by atoms with E-state index in [-0.39, 0.29) is 17.5 Å². The van der Waals surface area contributed by atoms with Crippen LogP contribution in [0.3, 0.4) is 0 Å². The summed E-state index contributed by atoms with van der Waals surface area (Å²) in [4.78, 5) is 23.0. The summed E-state index contributed by atoms with van der Waals surface area (Å²) in [6.07, 6.45) is 7.72. The van der Waals surface area contributed by atoms with Crippen molar-refractivity contribution in [2.45, 2.75) is 19.4 Å². The fourth-order valence-electron chi connectivity index (χ4n) is 3.56. The van der Waals surface area contributed by atoms with Crippen molar-refractivity contribution in [1.82, 2.24) is 14.9 Å². The summed E-state index contributed by atoms with van der Waals surface area (Å²) in [6, 6.07) is 4.42. The molecule has 1 saturated heterocycles. The lowest BCUT2D eigenvalue weighted by Crippen LogP contribution is -2.41. The molecule has 1 unspecified atom stereocenters. The van der Waals surface area contributed by atoms with Crippen molar-refractivity contribution >= 4 is 5.91 Å². The highest BCUT2D eigenvalue weighted by molar-refractivity contribution is 5.95. The van der Waals surface area contributed by atoms with Crippen LogP contribution in [-0.2, 0) is 11.2 Å². The van der Waals surface area contributed by atoms with Gasteiger partial charge in [-0.3, -0.25) is 4.79 Å². The quantitative estimate of drug-likeness (QED) is 0.775. The Morgan fingerprint density at radius 3 is 2.77 bits per heavy atom.